The van der Waals surface area contributed by atoms with E-state index in [9.17, 15) is 10.1 Å². The van der Waals surface area contributed by atoms with Crippen molar-refractivity contribution < 1.29 is 4.92 Å². The van der Waals surface area contributed by atoms with Crippen molar-refractivity contribution >= 4 is 33.0 Å². The van der Waals surface area contributed by atoms with Crippen molar-refractivity contribution in [2.45, 2.75) is 20.4 Å². The molecule has 1 aliphatic heterocycles. The minimum absolute atomic E-state index is 0.105. The third kappa shape index (κ3) is 5.45. The number of nitro benzene ring substituents is 1. The maximum Gasteiger partial charge on any atom is 0.292 e. The van der Waals surface area contributed by atoms with Gasteiger partial charge in [-0.3, -0.25) is 15.0 Å². The summed E-state index contributed by atoms with van der Waals surface area (Å²) in [7, 11) is 0. The zero-order valence-electron chi connectivity index (χ0n) is 16.3. The van der Waals surface area contributed by atoms with Crippen LogP contribution in [-0.4, -0.2) is 42.5 Å². The molecular weight excluding hydrogens is 420 g/mol. The number of nitrogens with zero attached hydrogens (tertiary/aromatic N) is 3. The fourth-order valence-electron chi connectivity index (χ4n) is 3.48. The fourth-order valence-corrected chi connectivity index (χ4v) is 3.92. The van der Waals surface area contributed by atoms with E-state index in [1.165, 1.54) is 5.92 Å². The normalized spacial score (nSPS) is 15.1. The Morgan fingerprint density at radius 2 is 1.89 bits per heavy atom. The first-order valence-electron chi connectivity index (χ1n) is 9.45. The molecule has 3 rings (SSSR count). The molecule has 2 aromatic rings. The van der Waals surface area contributed by atoms with E-state index in [1.807, 2.05) is 36.4 Å². The van der Waals surface area contributed by atoms with Crippen LogP contribution in [0.1, 0.15) is 19.4 Å². The molecule has 149 valence electrons. The smallest absolute Gasteiger partial charge is 0.292 e. The van der Waals surface area contributed by atoms with Gasteiger partial charge in [-0.2, -0.15) is 0 Å². The van der Waals surface area contributed by atoms with Crippen LogP contribution in [0.25, 0.3) is 0 Å². The number of benzene rings is 2. The Morgan fingerprint density at radius 3 is 2.54 bits per heavy atom. The summed E-state index contributed by atoms with van der Waals surface area (Å²) in [6.07, 6.45) is 0. The molecule has 0 atom stereocenters. The molecular formula is C21H26BrN4O2. The molecule has 0 amide bonds. The van der Waals surface area contributed by atoms with Gasteiger partial charge in [0, 0.05) is 55.5 Å². The van der Waals surface area contributed by atoms with Crippen molar-refractivity contribution in [1.29, 1.82) is 0 Å². The predicted octanol–water partition coefficient (Wildman–Crippen LogP) is 4.71. The molecule has 7 heteroatoms. The van der Waals surface area contributed by atoms with Gasteiger partial charge in [0.15, 0.2) is 0 Å². The highest BCUT2D eigenvalue weighted by atomic mass is 79.9. The molecule has 0 unspecified atom stereocenters. The Labute approximate surface area is 174 Å². The summed E-state index contributed by atoms with van der Waals surface area (Å²) in [6, 6.07) is 13.3. The third-order valence-electron chi connectivity index (χ3n) is 4.83. The fraction of sp³-hybridized carbons (Fsp3) is 0.381. The second-order valence-electron chi connectivity index (χ2n) is 7.41. The average molecular weight is 446 g/mol. The number of rotatable bonds is 7. The number of nitrogens with one attached hydrogen (secondary N) is 1. The van der Waals surface area contributed by atoms with Gasteiger partial charge in [0.1, 0.15) is 5.69 Å². The second-order valence-corrected chi connectivity index (χ2v) is 8.33. The number of hydrogen-bond acceptors (Lipinski definition) is 5. The van der Waals surface area contributed by atoms with E-state index in [0.29, 0.717) is 12.2 Å². The minimum Gasteiger partial charge on any atom is -0.375 e. The van der Waals surface area contributed by atoms with Crippen molar-refractivity contribution in [2.24, 2.45) is 0 Å². The quantitative estimate of drug-likeness (QED) is 0.493. The van der Waals surface area contributed by atoms with Gasteiger partial charge in [-0.25, -0.2) is 0 Å². The van der Waals surface area contributed by atoms with Crippen LogP contribution in [0.2, 0.25) is 0 Å². The van der Waals surface area contributed by atoms with Crippen LogP contribution < -0.4 is 10.2 Å². The van der Waals surface area contributed by atoms with Gasteiger partial charge in [-0.1, -0.05) is 41.9 Å². The van der Waals surface area contributed by atoms with E-state index in [0.717, 1.165) is 48.4 Å². The lowest BCUT2D eigenvalue weighted by Crippen LogP contribution is -2.47. The molecule has 1 radical (unpaired) electrons. The number of halogens is 1. The van der Waals surface area contributed by atoms with Gasteiger partial charge in [-0.15, -0.1) is 0 Å². The van der Waals surface area contributed by atoms with Gasteiger partial charge in [0.05, 0.1) is 4.92 Å². The molecule has 6 nitrogen and oxygen atoms in total. The molecule has 1 heterocycles. The zero-order valence-corrected chi connectivity index (χ0v) is 17.9. The molecule has 0 aliphatic carbocycles. The molecule has 0 bridgehead atoms. The van der Waals surface area contributed by atoms with Crippen LogP contribution in [0, 0.1) is 16.0 Å². The van der Waals surface area contributed by atoms with Crippen LogP contribution in [0.4, 0.5) is 17.1 Å². The van der Waals surface area contributed by atoms with Crippen LogP contribution in [-0.2, 0) is 6.54 Å². The van der Waals surface area contributed by atoms with Gasteiger partial charge in [0.25, 0.3) is 5.69 Å². The zero-order chi connectivity index (χ0) is 20.1. The van der Waals surface area contributed by atoms with Crippen molar-refractivity contribution in [3.8, 4) is 0 Å². The summed E-state index contributed by atoms with van der Waals surface area (Å²) in [5.41, 5.74) is 2.75. The highest BCUT2D eigenvalue weighted by Crippen LogP contribution is 2.30. The topological polar surface area (TPSA) is 61.7 Å². The van der Waals surface area contributed by atoms with E-state index in [4.69, 9.17) is 0 Å². The van der Waals surface area contributed by atoms with E-state index < -0.39 is 0 Å². The summed E-state index contributed by atoms with van der Waals surface area (Å²) < 4.78 is 0.993. The molecule has 1 aliphatic rings. The van der Waals surface area contributed by atoms with E-state index in [-0.39, 0.29) is 10.6 Å². The molecule has 1 N–H and O–H groups in total. The van der Waals surface area contributed by atoms with Gasteiger partial charge < -0.3 is 10.2 Å². The maximum absolute atomic E-state index is 11.5. The standard InChI is InChI=1S/C21H26BrN4O2/c1-16(2)15-24-8-10-25(11-9-24)19-6-7-21(26(27)28)20(13-19)23-14-17-4-3-5-18(22)12-17/h3-7,12-13,23H,8-11,14-15H2,1-2H3. The Kier molecular flexibility index (Phi) is 6.91. The molecule has 2 aromatic carbocycles. The van der Waals surface area contributed by atoms with Gasteiger partial charge in [-0.05, 0) is 35.7 Å². The summed E-state index contributed by atoms with van der Waals surface area (Å²) in [5.74, 6) is 1.42. The minimum atomic E-state index is -0.329. The molecule has 0 saturated carbocycles. The Morgan fingerprint density at radius 1 is 1.14 bits per heavy atom. The molecule has 0 spiro atoms. The first kappa shape index (κ1) is 20.6. The molecule has 28 heavy (non-hydrogen) atoms. The van der Waals surface area contributed by atoms with Crippen LogP contribution in [0.3, 0.4) is 0 Å². The van der Waals surface area contributed by atoms with E-state index >= 15 is 0 Å². The number of nitro groups is 1. The average Bonchev–Trinajstić information content (AvgIpc) is 2.66. The highest BCUT2D eigenvalue weighted by Gasteiger charge is 2.21. The van der Waals surface area contributed by atoms with Gasteiger partial charge >= 0.3 is 0 Å². The monoisotopic (exact) mass is 445 g/mol. The number of hydrogen-bond donors (Lipinski definition) is 1. The second kappa shape index (κ2) is 9.39. The Hall–Kier alpha value is -2.12. The summed E-state index contributed by atoms with van der Waals surface area (Å²) >= 11 is 3.46. The van der Waals surface area contributed by atoms with Crippen LogP contribution in [0.5, 0.6) is 0 Å². The largest absolute Gasteiger partial charge is 0.375 e. The molecule has 0 aromatic heterocycles. The molecule has 1 saturated heterocycles. The summed E-state index contributed by atoms with van der Waals surface area (Å²) in [5, 5.41) is 14.7. The summed E-state index contributed by atoms with van der Waals surface area (Å²) in [6.45, 7) is 9.74. The third-order valence-corrected chi connectivity index (χ3v) is 5.32. The number of piperazine rings is 1. The predicted molar refractivity (Wildman–Crippen MR) is 118 cm³/mol. The first-order valence-corrected chi connectivity index (χ1v) is 10.2. The number of anilines is 2. The highest BCUT2D eigenvalue weighted by molar-refractivity contribution is 9.10. The van der Waals surface area contributed by atoms with Crippen molar-refractivity contribution in [1.82, 2.24) is 4.90 Å². The maximum atomic E-state index is 11.5. The Bertz CT molecular complexity index is 820. The van der Waals surface area contributed by atoms with Crippen molar-refractivity contribution in [2.75, 3.05) is 42.9 Å². The van der Waals surface area contributed by atoms with E-state index in [2.05, 4.69) is 44.9 Å². The lowest BCUT2D eigenvalue weighted by atomic mass is 10.1. The van der Waals surface area contributed by atoms with Crippen LogP contribution >= 0.6 is 15.9 Å². The molecule has 1 fully saturated rings. The van der Waals surface area contributed by atoms with Crippen molar-refractivity contribution in [3.63, 3.8) is 0 Å². The van der Waals surface area contributed by atoms with Crippen LogP contribution in [0.15, 0.2) is 46.9 Å². The Balaban J connectivity index is 1.72. The lowest BCUT2D eigenvalue weighted by molar-refractivity contribution is -0.384. The summed E-state index contributed by atoms with van der Waals surface area (Å²) in [4.78, 5) is 15.9. The van der Waals surface area contributed by atoms with E-state index in [1.54, 1.807) is 6.07 Å². The van der Waals surface area contributed by atoms with Gasteiger partial charge in [0.2, 0.25) is 0 Å². The first-order chi connectivity index (χ1) is 13.4. The SMILES string of the molecule is C[C](C)CN1CCN(c2ccc([N+](=O)[O-])c(NCc3cccc(Br)c3)c2)CC1. The lowest BCUT2D eigenvalue weighted by Gasteiger charge is -2.36. The van der Waals surface area contributed by atoms with Crippen molar-refractivity contribution in [3.05, 3.63) is 68.5 Å².